The Bertz CT molecular complexity index is 711. The molecule has 2 unspecified atom stereocenters. The van der Waals surface area contributed by atoms with E-state index in [0.717, 1.165) is 32.6 Å². The Balaban J connectivity index is 0.00000280. The molecular weight excluding hydrogens is 483 g/mol. The van der Waals surface area contributed by atoms with Gasteiger partial charge in [0.1, 0.15) is 0 Å². The van der Waals surface area contributed by atoms with Crippen molar-refractivity contribution in [3.63, 3.8) is 0 Å². The van der Waals surface area contributed by atoms with Crippen molar-refractivity contribution in [1.82, 2.24) is 10.2 Å². The topological polar surface area (TPSA) is 62.9 Å². The van der Waals surface area contributed by atoms with Crippen molar-refractivity contribution >= 4 is 41.3 Å². The second-order valence-electron chi connectivity index (χ2n) is 7.23. The number of morpholine rings is 1. The Morgan fingerprint density at radius 2 is 1.86 bits per heavy atom. The van der Waals surface area contributed by atoms with Crippen molar-refractivity contribution in [3.8, 4) is 0 Å². The Hall–Kier alpha value is -1.16. The molecule has 1 fully saturated rings. The normalized spacial score (nSPS) is 20.6. The third kappa shape index (κ3) is 7.69. The highest BCUT2D eigenvalue weighted by Crippen LogP contribution is 2.15. The quantitative estimate of drug-likeness (QED) is 0.337. The Labute approximate surface area is 189 Å². The van der Waals surface area contributed by atoms with Gasteiger partial charge in [0, 0.05) is 31.1 Å². The smallest absolute Gasteiger partial charge is 0.188 e. The number of ether oxygens (including phenoxy) is 1. The summed E-state index contributed by atoms with van der Waals surface area (Å²) >= 11 is 1.77. The number of nitrogens with two attached hydrogens (primary N) is 1. The number of nitrogens with zero attached hydrogens (tertiary/aromatic N) is 2. The first kappa shape index (κ1) is 23.1. The van der Waals surface area contributed by atoms with Crippen LogP contribution in [0.4, 0.5) is 0 Å². The van der Waals surface area contributed by atoms with Crippen molar-refractivity contribution in [2.24, 2.45) is 10.7 Å². The van der Waals surface area contributed by atoms with Gasteiger partial charge >= 0.3 is 0 Å². The third-order valence-electron chi connectivity index (χ3n) is 4.61. The number of nitrogens with one attached hydrogen (secondary N) is 1. The van der Waals surface area contributed by atoms with Crippen LogP contribution in [0, 0.1) is 0 Å². The van der Waals surface area contributed by atoms with E-state index < -0.39 is 0 Å². The van der Waals surface area contributed by atoms with Crippen LogP contribution in [0.5, 0.6) is 0 Å². The number of hydrogen-bond acceptors (Lipinski definition) is 4. The second-order valence-corrected chi connectivity index (χ2v) is 8.26. The lowest BCUT2D eigenvalue weighted by Crippen LogP contribution is -2.44. The van der Waals surface area contributed by atoms with E-state index in [1.54, 1.807) is 11.3 Å². The van der Waals surface area contributed by atoms with E-state index in [1.165, 1.54) is 16.0 Å². The zero-order valence-corrected chi connectivity index (χ0v) is 19.8. The summed E-state index contributed by atoms with van der Waals surface area (Å²) in [5.41, 5.74) is 8.46. The molecule has 28 heavy (non-hydrogen) atoms. The fourth-order valence-corrected chi connectivity index (χ4v) is 4.13. The van der Waals surface area contributed by atoms with Crippen molar-refractivity contribution in [2.75, 3.05) is 19.6 Å². The van der Waals surface area contributed by atoms with E-state index in [9.17, 15) is 0 Å². The fourth-order valence-electron chi connectivity index (χ4n) is 3.42. The first-order valence-corrected chi connectivity index (χ1v) is 10.5. The van der Waals surface area contributed by atoms with Gasteiger partial charge in [0.05, 0.1) is 18.8 Å². The fraction of sp³-hybridized carbons (Fsp3) is 0.476. The number of rotatable bonds is 7. The van der Waals surface area contributed by atoms with Gasteiger partial charge in [0.25, 0.3) is 0 Å². The van der Waals surface area contributed by atoms with Crippen LogP contribution in [0.1, 0.15) is 29.9 Å². The molecule has 154 valence electrons. The van der Waals surface area contributed by atoms with Gasteiger partial charge in [-0.3, -0.25) is 4.90 Å². The molecule has 1 aliphatic heterocycles. The number of thiophene rings is 1. The van der Waals surface area contributed by atoms with Gasteiger partial charge in [-0.25, -0.2) is 4.99 Å². The van der Waals surface area contributed by atoms with E-state index in [4.69, 9.17) is 10.5 Å². The molecule has 0 spiro atoms. The molecule has 0 amide bonds. The lowest BCUT2D eigenvalue weighted by Gasteiger charge is -2.35. The Kier molecular flexibility index (Phi) is 9.70. The maximum atomic E-state index is 5.96. The summed E-state index contributed by atoms with van der Waals surface area (Å²) in [4.78, 5) is 8.25. The van der Waals surface area contributed by atoms with Crippen LogP contribution in [-0.4, -0.2) is 42.7 Å². The predicted octanol–water partition coefficient (Wildman–Crippen LogP) is 3.62. The summed E-state index contributed by atoms with van der Waals surface area (Å²) < 4.78 is 5.80. The minimum atomic E-state index is 0. The highest BCUT2D eigenvalue weighted by atomic mass is 127. The predicted molar refractivity (Wildman–Crippen MR) is 128 cm³/mol. The van der Waals surface area contributed by atoms with Crippen LogP contribution < -0.4 is 11.1 Å². The average molecular weight is 514 g/mol. The van der Waals surface area contributed by atoms with Gasteiger partial charge in [-0.15, -0.1) is 35.3 Å². The maximum absolute atomic E-state index is 5.96. The number of guanidine groups is 1. The molecule has 0 aliphatic carbocycles. The number of hydrogen-bond donors (Lipinski definition) is 2. The third-order valence-corrected chi connectivity index (χ3v) is 5.55. The molecule has 0 saturated carbocycles. The summed E-state index contributed by atoms with van der Waals surface area (Å²) in [6.45, 7) is 8.64. The molecule has 0 bridgehead atoms. The SMILES string of the molecule is CC1CN(Cc2ccc(CN=C(N)NCCc3cccs3)cc2)CC(C)O1.I. The molecule has 1 aromatic heterocycles. The molecule has 1 aliphatic rings. The molecule has 1 aromatic carbocycles. The molecule has 0 radical (unpaired) electrons. The van der Waals surface area contributed by atoms with Crippen LogP contribution in [-0.2, 0) is 24.2 Å². The minimum Gasteiger partial charge on any atom is -0.373 e. The zero-order chi connectivity index (χ0) is 19.1. The molecular formula is C21H31IN4OS. The average Bonchev–Trinajstić information content (AvgIpc) is 3.14. The van der Waals surface area contributed by atoms with Gasteiger partial charge in [-0.2, -0.15) is 0 Å². The van der Waals surface area contributed by atoms with Crippen LogP contribution in [0.2, 0.25) is 0 Å². The summed E-state index contributed by atoms with van der Waals surface area (Å²) in [5.74, 6) is 0.506. The summed E-state index contributed by atoms with van der Waals surface area (Å²) in [6.07, 6.45) is 1.58. The van der Waals surface area contributed by atoms with Crippen molar-refractivity contribution in [3.05, 3.63) is 57.8 Å². The molecule has 2 heterocycles. The summed E-state index contributed by atoms with van der Waals surface area (Å²) in [5, 5.41) is 5.27. The standard InChI is InChI=1S/C21H30N4OS.HI/c1-16-13-25(14-17(2)26-16)15-19-7-5-18(6-8-19)12-24-21(22)23-10-9-20-4-3-11-27-20;/h3-8,11,16-17H,9-10,12-15H2,1-2H3,(H3,22,23,24);1H. The van der Waals surface area contributed by atoms with Gasteiger partial charge in [-0.05, 0) is 42.8 Å². The van der Waals surface area contributed by atoms with Gasteiger partial charge in [0.15, 0.2) is 5.96 Å². The summed E-state index contributed by atoms with van der Waals surface area (Å²) in [6, 6.07) is 12.9. The number of benzene rings is 1. The lowest BCUT2D eigenvalue weighted by atomic mass is 10.1. The molecule has 1 saturated heterocycles. The Morgan fingerprint density at radius 1 is 1.18 bits per heavy atom. The van der Waals surface area contributed by atoms with Crippen LogP contribution in [0.25, 0.3) is 0 Å². The van der Waals surface area contributed by atoms with Gasteiger partial charge < -0.3 is 15.8 Å². The van der Waals surface area contributed by atoms with E-state index in [1.807, 2.05) is 0 Å². The number of aliphatic imine (C=N–C) groups is 1. The van der Waals surface area contributed by atoms with Gasteiger partial charge in [-0.1, -0.05) is 30.3 Å². The van der Waals surface area contributed by atoms with E-state index in [0.29, 0.717) is 24.7 Å². The molecule has 5 nitrogen and oxygen atoms in total. The maximum Gasteiger partial charge on any atom is 0.188 e. The van der Waals surface area contributed by atoms with Crippen molar-refractivity contribution < 1.29 is 4.74 Å². The van der Waals surface area contributed by atoms with Crippen molar-refractivity contribution in [2.45, 2.75) is 45.6 Å². The highest BCUT2D eigenvalue weighted by Gasteiger charge is 2.21. The van der Waals surface area contributed by atoms with Crippen LogP contribution in [0.15, 0.2) is 46.8 Å². The first-order chi connectivity index (χ1) is 13.1. The van der Waals surface area contributed by atoms with E-state index in [-0.39, 0.29) is 24.0 Å². The monoisotopic (exact) mass is 514 g/mol. The van der Waals surface area contributed by atoms with Crippen molar-refractivity contribution in [1.29, 1.82) is 0 Å². The van der Waals surface area contributed by atoms with Gasteiger partial charge in [0.2, 0.25) is 0 Å². The molecule has 2 aromatic rings. The van der Waals surface area contributed by atoms with E-state index in [2.05, 4.69) is 70.8 Å². The molecule has 7 heteroatoms. The molecule has 3 rings (SSSR count). The minimum absolute atomic E-state index is 0. The second kappa shape index (κ2) is 11.7. The largest absolute Gasteiger partial charge is 0.373 e. The first-order valence-electron chi connectivity index (χ1n) is 9.60. The zero-order valence-electron chi connectivity index (χ0n) is 16.6. The van der Waals surface area contributed by atoms with E-state index >= 15 is 0 Å². The Morgan fingerprint density at radius 3 is 2.50 bits per heavy atom. The molecule has 3 N–H and O–H groups in total. The van der Waals surface area contributed by atoms with Crippen LogP contribution in [0.3, 0.4) is 0 Å². The molecule has 2 atom stereocenters. The highest BCUT2D eigenvalue weighted by molar-refractivity contribution is 14.0. The number of halogens is 1. The van der Waals surface area contributed by atoms with Crippen LogP contribution >= 0.6 is 35.3 Å². The lowest BCUT2D eigenvalue weighted by molar-refractivity contribution is -0.0704. The summed E-state index contributed by atoms with van der Waals surface area (Å²) in [7, 11) is 0.